The van der Waals surface area contributed by atoms with Crippen molar-refractivity contribution in [3.8, 4) is 34.5 Å². The minimum absolute atomic E-state index is 0. The normalized spacial score (nSPS) is 11.6. The molecular weight excluding hydrogens is 692 g/mol. The molecular formula is C41H54N4O9. The maximum atomic E-state index is 12.4. The fourth-order valence-corrected chi connectivity index (χ4v) is 4.75. The van der Waals surface area contributed by atoms with E-state index < -0.39 is 6.04 Å². The number of carbonyl (C=O) groups excluding carboxylic acids is 3. The monoisotopic (exact) mass is 746 g/mol. The van der Waals surface area contributed by atoms with Crippen molar-refractivity contribution >= 4 is 34.4 Å². The molecule has 0 heterocycles. The summed E-state index contributed by atoms with van der Waals surface area (Å²) in [7, 11) is 0. The highest BCUT2D eigenvalue weighted by molar-refractivity contribution is 6.04. The van der Waals surface area contributed by atoms with Gasteiger partial charge in [-0.25, -0.2) is 0 Å². The molecule has 0 aliphatic heterocycles. The third kappa shape index (κ3) is 13.5. The molecule has 0 aliphatic rings. The number of hydrogen-bond acceptors (Lipinski definition) is 13. The van der Waals surface area contributed by atoms with E-state index in [2.05, 4.69) is 15.6 Å². The number of Topliss-reactive ketones (excluding diaryl/α,β-unsaturated/α-hetero) is 3. The Bertz CT molecular complexity index is 1910. The van der Waals surface area contributed by atoms with Gasteiger partial charge in [0.05, 0.1) is 30.7 Å². The average Bonchev–Trinajstić information content (AvgIpc) is 3.13. The number of phenols is 6. The number of aliphatic imine (C=N–C) groups is 1. The second kappa shape index (κ2) is 22.1. The van der Waals surface area contributed by atoms with Crippen molar-refractivity contribution < 1.29 is 45.0 Å². The summed E-state index contributed by atoms with van der Waals surface area (Å²) in [6, 6.07) is 18.3. The van der Waals surface area contributed by atoms with Crippen molar-refractivity contribution in [2.24, 2.45) is 10.7 Å². The summed E-state index contributed by atoms with van der Waals surface area (Å²) < 4.78 is 0. The lowest BCUT2D eigenvalue weighted by molar-refractivity contribution is -0.118. The number of nitrogens with zero attached hydrogens (tertiary/aromatic N) is 1. The summed E-state index contributed by atoms with van der Waals surface area (Å²) in [4.78, 5) is 39.1. The Morgan fingerprint density at radius 2 is 1.11 bits per heavy atom. The Kier molecular flexibility index (Phi) is 18.8. The molecule has 0 bridgehead atoms. The van der Waals surface area contributed by atoms with Gasteiger partial charge in [-0.15, -0.1) is 0 Å². The zero-order chi connectivity index (χ0) is 39.8. The first-order chi connectivity index (χ1) is 25.0. The molecule has 13 nitrogen and oxygen atoms in total. The fourth-order valence-electron chi connectivity index (χ4n) is 4.75. The van der Waals surface area contributed by atoms with E-state index in [1.165, 1.54) is 18.2 Å². The molecule has 0 saturated carbocycles. The summed E-state index contributed by atoms with van der Waals surface area (Å²) in [6.07, 6.45) is 0.886. The van der Waals surface area contributed by atoms with Crippen LogP contribution in [0.3, 0.4) is 0 Å². The van der Waals surface area contributed by atoms with Gasteiger partial charge in [-0.2, -0.15) is 0 Å². The smallest absolute Gasteiger partial charge is 0.175 e. The lowest BCUT2D eigenvalue weighted by Gasteiger charge is -2.14. The van der Waals surface area contributed by atoms with Gasteiger partial charge in [0.25, 0.3) is 0 Å². The second-order valence-electron chi connectivity index (χ2n) is 12.1. The maximum Gasteiger partial charge on any atom is 0.175 e. The van der Waals surface area contributed by atoms with Crippen LogP contribution in [0.25, 0.3) is 0 Å². The molecule has 292 valence electrons. The van der Waals surface area contributed by atoms with Crippen molar-refractivity contribution in [2.75, 3.05) is 23.7 Å². The van der Waals surface area contributed by atoms with Crippen LogP contribution in [0.5, 0.6) is 34.5 Å². The second-order valence-corrected chi connectivity index (χ2v) is 12.1. The zero-order valence-electron chi connectivity index (χ0n) is 30.8. The fraction of sp³-hybridized carbons (Fsp3) is 0.317. The lowest BCUT2D eigenvalue weighted by atomic mass is 10.0. The Morgan fingerprint density at radius 1 is 0.667 bits per heavy atom. The van der Waals surface area contributed by atoms with Crippen molar-refractivity contribution in [2.45, 2.75) is 73.9 Å². The SMILES string of the molecule is C.CCC(=NCC(=O)[C@@H](C)Nc1cccc(O)c1)c1ccc(O)c(C)c1O.CCC(=O)c1ccc(O)c(C)c1O.C[C@@H](Nc1cccc(O)c1)C(=O)CN. The van der Waals surface area contributed by atoms with E-state index in [-0.39, 0.29) is 84.0 Å². The van der Waals surface area contributed by atoms with Crippen LogP contribution in [0.15, 0.2) is 77.8 Å². The Balaban J connectivity index is 0.000000440. The van der Waals surface area contributed by atoms with Gasteiger partial charge < -0.3 is 47.0 Å². The molecule has 0 radical (unpaired) electrons. The molecule has 4 rings (SSSR count). The average molecular weight is 747 g/mol. The van der Waals surface area contributed by atoms with Crippen LogP contribution in [-0.4, -0.2) is 78.9 Å². The summed E-state index contributed by atoms with van der Waals surface area (Å²) in [5, 5.41) is 63.2. The number of carbonyl (C=O) groups is 3. The molecule has 13 heteroatoms. The molecule has 0 aromatic heterocycles. The molecule has 2 atom stereocenters. The largest absolute Gasteiger partial charge is 0.508 e. The molecule has 0 spiro atoms. The highest BCUT2D eigenvalue weighted by Gasteiger charge is 2.16. The minimum atomic E-state index is -0.478. The quantitative estimate of drug-likeness (QED) is 0.0511. The van der Waals surface area contributed by atoms with Gasteiger partial charge in [0.1, 0.15) is 34.5 Å². The predicted octanol–water partition coefficient (Wildman–Crippen LogP) is 6.74. The molecule has 54 heavy (non-hydrogen) atoms. The van der Waals surface area contributed by atoms with Crippen LogP contribution in [0.1, 0.15) is 75.0 Å². The minimum Gasteiger partial charge on any atom is -0.508 e. The van der Waals surface area contributed by atoms with E-state index in [0.717, 1.165) is 0 Å². The first-order valence-corrected chi connectivity index (χ1v) is 17.0. The highest BCUT2D eigenvalue weighted by Crippen LogP contribution is 2.31. The third-order valence-corrected chi connectivity index (χ3v) is 8.12. The van der Waals surface area contributed by atoms with E-state index in [9.17, 15) is 45.0 Å². The van der Waals surface area contributed by atoms with E-state index in [1.54, 1.807) is 89.2 Å². The summed E-state index contributed by atoms with van der Waals surface area (Å²) in [5.41, 5.74) is 8.70. The van der Waals surface area contributed by atoms with E-state index in [1.807, 2.05) is 6.92 Å². The molecule has 4 aromatic carbocycles. The zero-order valence-corrected chi connectivity index (χ0v) is 30.8. The number of aromatic hydroxyl groups is 6. The van der Waals surface area contributed by atoms with E-state index in [0.29, 0.717) is 46.6 Å². The van der Waals surface area contributed by atoms with Gasteiger partial charge in [0, 0.05) is 52.3 Å². The van der Waals surface area contributed by atoms with Gasteiger partial charge in [-0.05, 0) is 82.6 Å². The number of benzene rings is 4. The number of nitrogens with one attached hydrogen (secondary N) is 2. The number of anilines is 2. The number of rotatable bonds is 13. The van der Waals surface area contributed by atoms with Gasteiger partial charge in [0.15, 0.2) is 17.3 Å². The highest BCUT2D eigenvalue weighted by atomic mass is 16.3. The van der Waals surface area contributed by atoms with Crippen molar-refractivity contribution in [3.63, 3.8) is 0 Å². The molecule has 4 aromatic rings. The lowest BCUT2D eigenvalue weighted by Crippen LogP contribution is -2.31. The molecule has 0 unspecified atom stereocenters. The first kappa shape index (κ1) is 45.9. The van der Waals surface area contributed by atoms with Crippen LogP contribution >= 0.6 is 0 Å². The molecule has 0 aliphatic carbocycles. The number of hydrogen-bond donors (Lipinski definition) is 9. The predicted molar refractivity (Wildman–Crippen MR) is 214 cm³/mol. The first-order valence-electron chi connectivity index (χ1n) is 17.0. The van der Waals surface area contributed by atoms with Crippen LogP contribution < -0.4 is 16.4 Å². The van der Waals surface area contributed by atoms with Crippen LogP contribution in [0.4, 0.5) is 11.4 Å². The van der Waals surface area contributed by atoms with Gasteiger partial charge in [-0.3, -0.25) is 19.4 Å². The van der Waals surface area contributed by atoms with Crippen LogP contribution in [0, 0.1) is 13.8 Å². The molecule has 0 fully saturated rings. The number of ketones is 3. The summed E-state index contributed by atoms with van der Waals surface area (Å²) in [5.74, 6) is -0.132. The Labute approximate surface area is 316 Å². The standard InChI is InChI=1S/C20H24N2O4.C10H14N2O2.C10H12O3.CH4/c1-4-17(16-8-9-18(24)12(2)20(16)26)21-11-19(25)13(3)22-14-6-5-7-15(23)10-14;1-7(10(14)6-11)12-8-3-2-4-9(13)5-8;1-3-8(11)7-4-5-9(12)6(2)10(7)13;/h5-10,13,22-24,26H,4,11H2,1-3H3;2-5,7,12-13H,6,11H2,1H3;4-5,12-13H,3H2,1-2H3;1H4/t13-;7-;;/m11../s1. The third-order valence-electron chi connectivity index (χ3n) is 8.12. The van der Waals surface area contributed by atoms with Crippen LogP contribution in [-0.2, 0) is 9.59 Å². The van der Waals surface area contributed by atoms with Crippen LogP contribution in [0.2, 0.25) is 0 Å². The van der Waals surface area contributed by atoms with E-state index >= 15 is 0 Å². The van der Waals surface area contributed by atoms with E-state index in [4.69, 9.17) is 5.73 Å². The Hall–Kier alpha value is -6.08. The molecule has 10 N–H and O–H groups in total. The number of phenolic OH excluding ortho intramolecular Hbond substituents is 6. The maximum absolute atomic E-state index is 12.4. The topological polar surface area (TPSA) is 235 Å². The van der Waals surface area contributed by atoms with Gasteiger partial charge >= 0.3 is 0 Å². The summed E-state index contributed by atoms with van der Waals surface area (Å²) in [6.45, 7) is 10.3. The number of nitrogens with two attached hydrogens (primary N) is 1. The van der Waals surface area contributed by atoms with Gasteiger partial charge in [0.2, 0.25) is 0 Å². The Morgan fingerprint density at radius 3 is 1.54 bits per heavy atom. The van der Waals surface area contributed by atoms with Crippen molar-refractivity contribution in [1.29, 1.82) is 0 Å². The van der Waals surface area contributed by atoms with Crippen molar-refractivity contribution in [3.05, 3.63) is 95.1 Å². The van der Waals surface area contributed by atoms with Crippen molar-refractivity contribution in [1.82, 2.24) is 0 Å². The van der Waals surface area contributed by atoms with Gasteiger partial charge in [-0.1, -0.05) is 33.4 Å². The summed E-state index contributed by atoms with van der Waals surface area (Å²) >= 11 is 0. The molecule has 0 saturated heterocycles. The molecule has 0 amide bonds.